The molecule has 0 bridgehead atoms. The summed E-state index contributed by atoms with van der Waals surface area (Å²) in [7, 11) is 0. The lowest BCUT2D eigenvalue weighted by molar-refractivity contribution is 0.0876. The zero-order valence-electron chi connectivity index (χ0n) is 10.00. The molecule has 96 valence electrons. The maximum atomic E-state index is 11.7. The molecule has 0 radical (unpaired) electrons. The predicted molar refractivity (Wildman–Crippen MR) is 63.9 cm³/mol. The van der Waals surface area contributed by atoms with E-state index in [1.807, 2.05) is 6.92 Å². The molecule has 1 amide bonds. The van der Waals surface area contributed by atoms with Gasteiger partial charge < -0.3 is 19.3 Å². The van der Waals surface area contributed by atoms with E-state index in [-0.39, 0.29) is 17.7 Å². The molecule has 0 fully saturated rings. The van der Waals surface area contributed by atoms with Crippen LogP contribution in [0.15, 0.2) is 45.6 Å². The van der Waals surface area contributed by atoms with Crippen LogP contribution in [-0.2, 0) is 0 Å². The number of nitrogens with one attached hydrogen (secondary N) is 1. The molecular weight excluding hydrogens is 234 g/mol. The van der Waals surface area contributed by atoms with Gasteiger partial charge in [0.05, 0.1) is 12.5 Å². The Kier molecular flexibility index (Phi) is 3.84. The number of hydrogen-bond donors (Lipinski definition) is 2. The van der Waals surface area contributed by atoms with Gasteiger partial charge in [0.2, 0.25) is 0 Å². The van der Waals surface area contributed by atoms with Crippen molar-refractivity contribution in [3.8, 4) is 0 Å². The summed E-state index contributed by atoms with van der Waals surface area (Å²) in [4.78, 5) is 11.7. The minimum Gasteiger partial charge on any atom is -0.467 e. The summed E-state index contributed by atoms with van der Waals surface area (Å²) in [6.07, 6.45) is 2.59. The SMILES string of the molecule is CC(CC(O)c1ccco1)NC(=O)c1ccco1. The van der Waals surface area contributed by atoms with Gasteiger partial charge in [-0.2, -0.15) is 0 Å². The second kappa shape index (κ2) is 5.55. The quantitative estimate of drug-likeness (QED) is 0.851. The highest BCUT2D eigenvalue weighted by Crippen LogP contribution is 2.18. The zero-order chi connectivity index (χ0) is 13.0. The van der Waals surface area contributed by atoms with Crippen LogP contribution >= 0.6 is 0 Å². The molecule has 2 unspecified atom stereocenters. The average Bonchev–Trinajstić information content (AvgIpc) is 3.02. The van der Waals surface area contributed by atoms with Crippen LogP contribution in [0.25, 0.3) is 0 Å². The minimum absolute atomic E-state index is 0.192. The van der Waals surface area contributed by atoms with E-state index in [1.165, 1.54) is 12.5 Å². The monoisotopic (exact) mass is 249 g/mol. The molecule has 5 nitrogen and oxygen atoms in total. The van der Waals surface area contributed by atoms with Crippen molar-refractivity contribution in [3.05, 3.63) is 48.3 Å². The summed E-state index contributed by atoms with van der Waals surface area (Å²) in [5.41, 5.74) is 0. The molecule has 2 aromatic heterocycles. The number of carbonyl (C=O) groups excluding carboxylic acids is 1. The first-order chi connectivity index (χ1) is 8.66. The first kappa shape index (κ1) is 12.4. The van der Waals surface area contributed by atoms with Crippen molar-refractivity contribution in [2.45, 2.75) is 25.5 Å². The molecule has 5 heteroatoms. The van der Waals surface area contributed by atoms with E-state index in [2.05, 4.69) is 5.32 Å². The largest absolute Gasteiger partial charge is 0.467 e. The highest BCUT2D eigenvalue weighted by molar-refractivity contribution is 5.91. The Bertz CT molecular complexity index is 475. The van der Waals surface area contributed by atoms with Crippen LogP contribution in [0.3, 0.4) is 0 Å². The number of furan rings is 2. The molecule has 2 rings (SSSR count). The summed E-state index contributed by atoms with van der Waals surface area (Å²) < 4.78 is 10.1. The van der Waals surface area contributed by atoms with Crippen molar-refractivity contribution in [1.82, 2.24) is 5.32 Å². The Labute approximate surface area is 104 Å². The lowest BCUT2D eigenvalue weighted by Gasteiger charge is -2.15. The van der Waals surface area contributed by atoms with Crippen molar-refractivity contribution in [1.29, 1.82) is 0 Å². The molecular formula is C13H15NO4. The molecule has 0 saturated carbocycles. The lowest BCUT2D eigenvalue weighted by atomic mass is 10.1. The molecule has 0 aliphatic heterocycles. The van der Waals surface area contributed by atoms with E-state index in [4.69, 9.17) is 8.83 Å². The average molecular weight is 249 g/mol. The topological polar surface area (TPSA) is 75.6 Å². The van der Waals surface area contributed by atoms with Gasteiger partial charge in [0.1, 0.15) is 11.9 Å². The number of aliphatic hydroxyl groups is 1. The second-order valence-electron chi connectivity index (χ2n) is 4.12. The number of aliphatic hydroxyl groups excluding tert-OH is 1. The summed E-state index contributed by atoms with van der Waals surface area (Å²) in [6, 6.07) is 6.46. The fourth-order valence-electron chi connectivity index (χ4n) is 1.69. The third kappa shape index (κ3) is 3.01. The van der Waals surface area contributed by atoms with Gasteiger partial charge in [0.15, 0.2) is 5.76 Å². The number of rotatable bonds is 5. The third-order valence-corrected chi connectivity index (χ3v) is 2.57. The maximum absolute atomic E-state index is 11.7. The van der Waals surface area contributed by atoms with E-state index >= 15 is 0 Å². The number of amides is 1. The molecule has 0 aromatic carbocycles. The van der Waals surface area contributed by atoms with Crippen molar-refractivity contribution in [3.63, 3.8) is 0 Å². The van der Waals surface area contributed by atoms with Gasteiger partial charge in [-0.3, -0.25) is 4.79 Å². The van der Waals surface area contributed by atoms with E-state index < -0.39 is 6.10 Å². The fraction of sp³-hybridized carbons (Fsp3) is 0.308. The van der Waals surface area contributed by atoms with Gasteiger partial charge in [0, 0.05) is 12.5 Å². The Balaban J connectivity index is 1.85. The Morgan fingerprint density at radius 3 is 2.67 bits per heavy atom. The van der Waals surface area contributed by atoms with E-state index in [0.29, 0.717) is 12.2 Å². The van der Waals surface area contributed by atoms with Gasteiger partial charge in [0.25, 0.3) is 5.91 Å². The molecule has 0 aliphatic carbocycles. The van der Waals surface area contributed by atoms with Crippen molar-refractivity contribution < 1.29 is 18.7 Å². The van der Waals surface area contributed by atoms with Gasteiger partial charge in [-0.05, 0) is 31.2 Å². The summed E-state index contributed by atoms with van der Waals surface area (Å²) >= 11 is 0. The first-order valence-corrected chi connectivity index (χ1v) is 5.72. The Hall–Kier alpha value is -2.01. The van der Waals surface area contributed by atoms with Crippen LogP contribution in [0.4, 0.5) is 0 Å². The van der Waals surface area contributed by atoms with Gasteiger partial charge in [-0.25, -0.2) is 0 Å². The Morgan fingerprint density at radius 1 is 1.33 bits per heavy atom. The van der Waals surface area contributed by atoms with Crippen LogP contribution in [0.2, 0.25) is 0 Å². The smallest absolute Gasteiger partial charge is 0.287 e. The lowest BCUT2D eigenvalue weighted by Crippen LogP contribution is -2.33. The molecule has 2 aromatic rings. The standard InChI is InChI=1S/C13H15NO4/c1-9(8-10(15)11-4-2-6-17-11)14-13(16)12-5-3-7-18-12/h2-7,9-10,15H,8H2,1H3,(H,14,16). The van der Waals surface area contributed by atoms with Crippen molar-refractivity contribution in [2.24, 2.45) is 0 Å². The molecule has 0 saturated heterocycles. The molecule has 0 spiro atoms. The van der Waals surface area contributed by atoms with E-state index in [9.17, 15) is 9.90 Å². The van der Waals surface area contributed by atoms with Crippen molar-refractivity contribution in [2.75, 3.05) is 0 Å². The molecule has 18 heavy (non-hydrogen) atoms. The zero-order valence-corrected chi connectivity index (χ0v) is 10.00. The van der Waals surface area contributed by atoms with Crippen molar-refractivity contribution >= 4 is 5.91 Å². The number of carbonyl (C=O) groups is 1. The van der Waals surface area contributed by atoms with E-state index in [0.717, 1.165) is 0 Å². The van der Waals surface area contributed by atoms with Gasteiger partial charge in [-0.1, -0.05) is 0 Å². The highest BCUT2D eigenvalue weighted by atomic mass is 16.4. The molecule has 2 N–H and O–H groups in total. The molecule has 2 heterocycles. The highest BCUT2D eigenvalue weighted by Gasteiger charge is 2.17. The fourth-order valence-corrected chi connectivity index (χ4v) is 1.69. The first-order valence-electron chi connectivity index (χ1n) is 5.72. The predicted octanol–water partition coefficient (Wildman–Crippen LogP) is 2.11. The van der Waals surface area contributed by atoms with Crippen LogP contribution in [0.5, 0.6) is 0 Å². The third-order valence-electron chi connectivity index (χ3n) is 2.57. The minimum atomic E-state index is -0.730. The number of hydrogen-bond acceptors (Lipinski definition) is 4. The maximum Gasteiger partial charge on any atom is 0.287 e. The summed E-state index contributed by atoms with van der Waals surface area (Å²) in [5, 5.41) is 12.6. The molecule has 2 atom stereocenters. The van der Waals surface area contributed by atoms with Crippen LogP contribution in [-0.4, -0.2) is 17.1 Å². The van der Waals surface area contributed by atoms with Crippen LogP contribution < -0.4 is 5.32 Å². The van der Waals surface area contributed by atoms with Crippen LogP contribution in [0.1, 0.15) is 35.8 Å². The normalized spacial score (nSPS) is 14.1. The second-order valence-corrected chi connectivity index (χ2v) is 4.12. The van der Waals surface area contributed by atoms with Crippen LogP contribution in [0, 0.1) is 0 Å². The summed E-state index contributed by atoms with van der Waals surface area (Å²) in [5.74, 6) is 0.461. The summed E-state index contributed by atoms with van der Waals surface area (Å²) in [6.45, 7) is 1.81. The van der Waals surface area contributed by atoms with Gasteiger partial charge >= 0.3 is 0 Å². The van der Waals surface area contributed by atoms with Gasteiger partial charge in [-0.15, -0.1) is 0 Å². The Morgan fingerprint density at radius 2 is 2.06 bits per heavy atom. The molecule has 0 aliphatic rings. The van der Waals surface area contributed by atoms with E-state index in [1.54, 1.807) is 24.3 Å².